The van der Waals surface area contributed by atoms with E-state index < -0.39 is 10.0 Å². The van der Waals surface area contributed by atoms with Crippen molar-refractivity contribution < 1.29 is 8.42 Å². The Balaban J connectivity index is 2.07. The van der Waals surface area contributed by atoms with E-state index in [4.69, 9.17) is 0 Å². The van der Waals surface area contributed by atoms with E-state index >= 15 is 0 Å². The molecule has 0 unspecified atom stereocenters. The van der Waals surface area contributed by atoms with E-state index in [2.05, 4.69) is 9.71 Å². The zero-order valence-electron chi connectivity index (χ0n) is 10.8. The van der Waals surface area contributed by atoms with Crippen LogP contribution >= 0.6 is 11.3 Å². The molecule has 1 aromatic carbocycles. The van der Waals surface area contributed by atoms with Gasteiger partial charge in [0.25, 0.3) is 0 Å². The largest absolute Gasteiger partial charge is 0.297 e. The van der Waals surface area contributed by atoms with Crippen LogP contribution in [-0.4, -0.2) is 23.6 Å². The van der Waals surface area contributed by atoms with Crippen LogP contribution in [0.25, 0.3) is 16.2 Å². The van der Waals surface area contributed by atoms with E-state index in [9.17, 15) is 8.42 Å². The minimum absolute atomic E-state index is 0.0413. The Morgan fingerprint density at radius 2 is 2.15 bits per heavy atom. The Hall–Kier alpha value is -1.86. The van der Waals surface area contributed by atoms with Crippen LogP contribution in [0.1, 0.15) is 6.92 Å². The summed E-state index contributed by atoms with van der Waals surface area (Å²) < 4.78 is 28.0. The number of benzene rings is 1. The lowest BCUT2D eigenvalue weighted by molar-refractivity contribution is 0.602. The number of fused-ring (bicyclic) bond motifs is 1. The predicted octanol–water partition coefficient (Wildman–Crippen LogP) is 2.82. The van der Waals surface area contributed by atoms with Gasteiger partial charge in [-0.05, 0) is 13.0 Å². The minimum Gasteiger partial charge on any atom is -0.297 e. The SMILES string of the molecule is CCS(=O)(=O)Nc1ccccc1-c1cn2ccsc2n1. The summed E-state index contributed by atoms with van der Waals surface area (Å²) in [5, 5.41) is 1.96. The van der Waals surface area contributed by atoms with Crippen molar-refractivity contribution in [2.75, 3.05) is 10.5 Å². The van der Waals surface area contributed by atoms with Crippen molar-refractivity contribution in [2.24, 2.45) is 0 Å². The third-order valence-corrected chi connectivity index (χ3v) is 5.00. The second-order valence-electron chi connectivity index (χ2n) is 4.27. The van der Waals surface area contributed by atoms with Gasteiger partial charge < -0.3 is 0 Å². The van der Waals surface area contributed by atoms with E-state index in [1.807, 2.05) is 34.3 Å². The number of anilines is 1. The van der Waals surface area contributed by atoms with Crippen molar-refractivity contribution in [3.63, 3.8) is 0 Å². The Bertz CT molecular complexity index is 821. The summed E-state index contributed by atoms with van der Waals surface area (Å²) in [6.07, 6.45) is 3.82. The van der Waals surface area contributed by atoms with Crippen LogP contribution in [-0.2, 0) is 10.0 Å². The maximum Gasteiger partial charge on any atom is 0.232 e. The number of hydrogen-bond acceptors (Lipinski definition) is 4. The van der Waals surface area contributed by atoms with Crippen molar-refractivity contribution in [3.8, 4) is 11.3 Å². The number of nitrogens with zero attached hydrogens (tertiary/aromatic N) is 2. The predicted molar refractivity (Wildman–Crippen MR) is 81.6 cm³/mol. The van der Waals surface area contributed by atoms with Gasteiger partial charge in [-0.1, -0.05) is 18.2 Å². The average Bonchev–Trinajstić information content (AvgIpc) is 3.00. The number of hydrogen-bond donors (Lipinski definition) is 1. The quantitative estimate of drug-likeness (QED) is 0.806. The summed E-state index contributed by atoms with van der Waals surface area (Å²) in [6, 6.07) is 7.28. The fraction of sp³-hybridized carbons (Fsp3) is 0.154. The zero-order valence-corrected chi connectivity index (χ0v) is 12.4. The van der Waals surface area contributed by atoms with Crippen LogP contribution < -0.4 is 4.72 Å². The summed E-state index contributed by atoms with van der Waals surface area (Å²) in [5.74, 6) is 0.0413. The van der Waals surface area contributed by atoms with Gasteiger partial charge in [0, 0.05) is 23.3 Å². The first kappa shape index (κ1) is 13.1. The minimum atomic E-state index is -3.30. The monoisotopic (exact) mass is 307 g/mol. The molecule has 0 amide bonds. The third kappa shape index (κ3) is 2.41. The van der Waals surface area contributed by atoms with Gasteiger partial charge in [-0.25, -0.2) is 13.4 Å². The maximum absolute atomic E-state index is 11.7. The molecule has 1 N–H and O–H groups in total. The molecule has 0 aliphatic carbocycles. The molecule has 0 saturated carbocycles. The van der Waals surface area contributed by atoms with Gasteiger partial charge in [0.2, 0.25) is 10.0 Å². The highest BCUT2D eigenvalue weighted by atomic mass is 32.2. The number of para-hydroxylation sites is 1. The van der Waals surface area contributed by atoms with Gasteiger partial charge in [0.15, 0.2) is 4.96 Å². The second-order valence-corrected chi connectivity index (χ2v) is 7.15. The van der Waals surface area contributed by atoms with E-state index in [-0.39, 0.29) is 5.75 Å². The van der Waals surface area contributed by atoms with Crippen LogP contribution in [0.15, 0.2) is 42.0 Å². The van der Waals surface area contributed by atoms with Crippen molar-refractivity contribution in [1.29, 1.82) is 0 Å². The van der Waals surface area contributed by atoms with Crippen molar-refractivity contribution >= 4 is 32.0 Å². The molecule has 0 radical (unpaired) electrons. The van der Waals surface area contributed by atoms with Crippen molar-refractivity contribution in [2.45, 2.75) is 6.92 Å². The topological polar surface area (TPSA) is 63.5 Å². The lowest BCUT2D eigenvalue weighted by Gasteiger charge is -2.09. The normalized spacial score (nSPS) is 11.8. The summed E-state index contributed by atoms with van der Waals surface area (Å²) in [4.78, 5) is 5.39. The van der Waals surface area contributed by atoms with Gasteiger partial charge in [0.1, 0.15) is 0 Å². The van der Waals surface area contributed by atoms with Gasteiger partial charge in [-0.3, -0.25) is 9.12 Å². The lowest BCUT2D eigenvalue weighted by atomic mass is 10.1. The van der Waals surface area contributed by atoms with Gasteiger partial charge in [-0.2, -0.15) is 0 Å². The maximum atomic E-state index is 11.7. The molecular weight excluding hydrogens is 294 g/mol. The Morgan fingerprint density at radius 1 is 1.35 bits per heavy atom. The molecule has 0 spiro atoms. The number of aromatic nitrogens is 2. The van der Waals surface area contributed by atoms with E-state index in [0.717, 1.165) is 16.2 Å². The number of nitrogens with one attached hydrogen (secondary N) is 1. The second kappa shape index (κ2) is 4.92. The number of sulfonamides is 1. The molecule has 0 aliphatic rings. The first-order valence-electron chi connectivity index (χ1n) is 6.11. The Morgan fingerprint density at radius 3 is 2.90 bits per heavy atom. The highest BCUT2D eigenvalue weighted by Crippen LogP contribution is 2.29. The van der Waals surface area contributed by atoms with E-state index in [1.54, 1.807) is 19.1 Å². The Kier molecular flexibility index (Phi) is 3.23. The van der Waals surface area contributed by atoms with E-state index in [1.165, 1.54) is 11.3 Å². The first-order valence-corrected chi connectivity index (χ1v) is 8.64. The number of imidazole rings is 1. The first-order chi connectivity index (χ1) is 9.59. The van der Waals surface area contributed by atoms with Crippen LogP contribution in [0, 0.1) is 0 Å². The molecule has 0 bridgehead atoms. The average molecular weight is 307 g/mol. The summed E-state index contributed by atoms with van der Waals surface area (Å²) in [6.45, 7) is 1.61. The van der Waals surface area contributed by atoms with Crippen LogP contribution in [0.2, 0.25) is 0 Å². The van der Waals surface area contributed by atoms with Crippen LogP contribution in [0.4, 0.5) is 5.69 Å². The van der Waals surface area contributed by atoms with Crippen molar-refractivity contribution in [1.82, 2.24) is 9.38 Å². The third-order valence-electron chi connectivity index (χ3n) is 2.94. The number of thiazole rings is 1. The fourth-order valence-corrected chi connectivity index (χ4v) is 3.25. The molecule has 2 heterocycles. The standard InChI is InChI=1S/C13H13N3O2S2/c1-2-20(17,18)15-11-6-4-3-5-10(11)12-9-16-7-8-19-13(16)14-12/h3-9,15H,2H2,1H3. The molecule has 0 fully saturated rings. The zero-order chi connectivity index (χ0) is 14.2. The molecule has 7 heteroatoms. The van der Waals surface area contributed by atoms with Gasteiger partial charge in [0.05, 0.1) is 17.1 Å². The molecule has 0 aliphatic heterocycles. The molecule has 0 atom stereocenters. The smallest absolute Gasteiger partial charge is 0.232 e. The van der Waals surface area contributed by atoms with Crippen LogP contribution in [0.5, 0.6) is 0 Å². The lowest BCUT2D eigenvalue weighted by Crippen LogP contribution is -2.15. The summed E-state index contributed by atoms with van der Waals surface area (Å²) in [7, 11) is -3.30. The molecule has 3 aromatic rings. The molecule has 2 aromatic heterocycles. The molecule has 0 saturated heterocycles. The molecule has 20 heavy (non-hydrogen) atoms. The summed E-state index contributed by atoms with van der Waals surface area (Å²) in [5.41, 5.74) is 2.09. The van der Waals surface area contributed by atoms with Crippen molar-refractivity contribution in [3.05, 3.63) is 42.0 Å². The van der Waals surface area contributed by atoms with Crippen LogP contribution in [0.3, 0.4) is 0 Å². The van der Waals surface area contributed by atoms with Gasteiger partial charge >= 0.3 is 0 Å². The highest BCUT2D eigenvalue weighted by Gasteiger charge is 2.13. The molecule has 3 rings (SSSR count). The molecular formula is C13H13N3O2S2. The Labute approximate surface area is 121 Å². The number of rotatable bonds is 4. The molecule has 104 valence electrons. The molecule has 5 nitrogen and oxygen atoms in total. The van der Waals surface area contributed by atoms with E-state index in [0.29, 0.717) is 5.69 Å². The highest BCUT2D eigenvalue weighted by molar-refractivity contribution is 7.92. The summed E-state index contributed by atoms with van der Waals surface area (Å²) >= 11 is 1.54. The fourth-order valence-electron chi connectivity index (χ4n) is 1.89. The van der Waals surface area contributed by atoms with Gasteiger partial charge in [-0.15, -0.1) is 11.3 Å².